The van der Waals surface area contributed by atoms with Crippen LogP contribution in [-0.2, 0) is 45.5 Å². The minimum absolute atomic E-state index is 0.0463. The second kappa shape index (κ2) is 14.4. The van der Waals surface area contributed by atoms with Gasteiger partial charge in [0.1, 0.15) is 12.7 Å². The number of hydrogen-bond acceptors (Lipinski definition) is 9. The monoisotopic (exact) mass is 542 g/mol. The lowest BCUT2D eigenvalue weighted by atomic mass is 9.75. The smallest absolute Gasteiger partial charge is 0.303 e. The molecule has 1 rings (SSSR count). The summed E-state index contributed by atoms with van der Waals surface area (Å²) in [6.07, 6.45) is 1.23. The summed E-state index contributed by atoms with van der Waals surface area (Å²) in [6, 6.07) is 7.38. The van der Waals surface area contributed by atoms with Gasteiger partial charge in [-0.05, 0) is 36.3 Å². The van der Waals surface area contributed by atoms with Crippen molar-refractivity contribution in [3.8, 4) is 0 Å². The molecule has 1 aromatic rings. The zero-order valence-corrected chi connectivity index (χ0v) is 23.6. The molecule has 2 atom stereocenters. The molecule has 0 unspecified atom stereocenters. The average molecular weight is 543 g/mol. The van der Waals surface area contributed by atoms with Gasteiger partial charge in [-0.2, -0.15) is 0 Å². The van der Waals surface area contributed by atoms with E-state index in [0.29, 0.717) is 25.7 Å². The molecule has 0 heterocycles. The molecule has 0 saturated heterocycles. The molecule has 0 saturated carbocycles. The summed E-state index contributed by atoms with van der Waals surface area (Å²) in [7, 11) is -1.78. The number of rotatable bonds is 16. The third-order valence-electron chi connectivity index (χ3n) is 6.12. The van der Waals surface area contributed by atoms with Gasteiger partial charge in [0.2, 0.25) is 5.91 Å². The number of nitrogens with one attached hydrogen (secondary N) is 2. The maximum atomic E-state index is 13.2. The molecule has 0 aliphatic rings. The molecule has 0 bridgehead atoms. The summed E-state index contributed by atoms with van der Waals surface area (Å²) in [4.78, 5) is 35.9. The third-order valence-corrected chi connectivity index (χ3v) is 8.14. The van der Waals surface area contributed by atoms with Crippen molar-refractivity contribution >= 4 is 27.7 Å². The van der Waals surface area contributed by atoms with E-state index in [4.69, 9.17) is 14.6 Å². The van der Waals surface area contributed by atoms with Gasteiger partial charge in [0.25, 0.3) is 0 Å². The molecule has 1 amide bonds. The van der Waals surface area contributed by atoms with Gasteiger partial charge in [-0.25, -0.2) is 13.8 Å². The highest BCUT2D eigenvalue weighted by molar-refractivity contribution is 7.91. The lowest BCUT2D eigenvalue weighted by molar-refractivity contribution is -0.156. The normalized spacial score (nSPS) is 14.4. The number of benzene rings is 1. The zero-order valence-electron chi connectivity index (χ0n) is 22.8. The zero-order chi connectivity index (χ0) is 28.3. The van der Waals surface area contributed by atoms with Crippen LogP contribution < -0.4 is 10.9 Å². The Kier molecular flexibility index (Phi) is 12.7. The van der Waals surface area contributed by atoms with Gasteiger partial charge in [-0.1, -0.05) is 44.5 Å². The molecular weight excluding hydrogens is 500 g/mol. The second-order valence-electron chi connectivity index (χ2n) is 10.3. The van der Waals surface area contributed by atoms with E-state index in [1.54, 1.807) is 7.05 Å². The molecule has 11 heteroatoms. The standard InChI is InChI=1S/C26H42N2O8S/c1-19(30)35-17-23(36-20(2)31)16-21-9-7-10-22(15-21)26(5,24(32)28-27-6)12-8-11-25(3,4)18-37(33,34)14-13-29/h7,9-10,15,23,27,29H,8,11-14,16-18H2,1-6H3,(H,28,32)/t23-,26+/m0/s1. The van der Waals surface area contributed by atoms with Crippen LogP contribution in [0.2, 0.25) is 0 Å². The Morgan fingerprint density at radius 2 is 1.76 bits per heavy atom. The average Bonchev–Trinajstić information content (AvgIpc) is 2.76. The fourth-order valence-corrected chi connectivity index (χ4v) is 6.08. The molecule has 0 fully saturated rings. The first kappa shape index (κ1) is 32.5. The van der Waals surface area contributed by atoms with E-state index < -0.39 is 45.3 Å². The maximum absolute atomic E-state index is 13.2. The van der Waals surface area contributed by atoms with Crippen LogP contribution in [0.4, 0.5) is 0 Å². The Morgan fingerprint density at radius 1 is 1.08 bits per heavy atom. The molecule has 0 aliphatic heterocycles. The SMILES string of the molecule is CNNC(=O)[C@](C)(CCCC(C)(C)CS(=O)(=O)CCO)c1cccc(C[C@@H](COC(C)=O)OC(C)=O)c1. The minimum atomic E-state index is -3.37. The van der Waals surface area contributed by atoms with Crippen molar-refractivity contribution in [3.05, 3.63) is 35.4 Å². The molecule has 3 N–H and O–H groups in total. The van der Waals surface area contributed by atoms with Crippen LogP contribution in [-0.4, -0.2) is 69.2 Å². The number of hydrazine groups is 1. The van der Waals surface area contributed by atoms with Crippen molar-refractivity contribution in [2.45, 2.75) is 71.8 Å². The minimum Gasteiger partial charge on any atom is -0.462 e. The lowest BCUT2D eigenvalue weighted by Crippen LogP contribution is -2.47. The van der Waals surface area contributed by atoms with Gasteiger partial charge < -0.3 is 14.6 Å². The van der Waals surface area contributed by atoms with Gasteiger partial charge in [-0.3, -0.25) is 19.8 Å². The Balaban J connectivity index is 3.13. The summed E-state index contributed by atoms with van der Waals surface area (Å²) in [5.74, 6) is -1.52. The molecule has 0 aliphatic carbocycles. The number of aliphatic hydroxyl groups is 1. The lowest BCUT2D eigenvalue weighted by Gasteiger charge is -2.31. The van der Waals surface area contributed by atoms with Gasteiger partial charge >= 0.3 is 11.9 Å². The number of hydrogen-bond donors (Lipinski definition) is 3. The first-order chi connectivity index (χ1) is 17.1. The summed E-state index contributed by atoms with van der Waals surface area (Å²) >= 11 is 0. The molecule has 37 heavy (non-hydrogen) atoms. The number of aliphatic hydroxyl groups excluding tert-OH is 1. The van der Waals surface area contributed by atoms with Gasteiger partial charge in [0.15, 0.2) is 9.84 Å². The Morgan fingerprint density at radius 3 is 2.32 bits per heavy atom. The van der Waals surface area contributed by atoms with E-state index in [2.05, 4.69) is 10.9 Å². The molecule has 0 radical (unpaired) electrons. The third kappa shape index (κ3) is 11.6. The largest absolute Gasteiger partial charge is 0.462 e. The quantitative estimate of drug-likeness (QED) is 0.210. The predicted molar refractivity (Wildman–Crippen MR) is 140 cm³/mol. The highest BCUT2D eigenvalue weighted by atomic mass is 32.2. The number of esters is 2. The van der Waals surface area contributed by atoms with Crippen molar-refractivity contribution in [2.24, 2.45) is 5.41 Å². The Labute approximate surface area is 220 Å². The van der Waals surface area contributed by atoms with Crippen LogP contribution >= 0.6 is 0 Å². The molecule has 210 valence electrons. The molecule has 0 spiro atoms. The van der Waals surface area contributed by atoms with Gasteiger partial charge in [0.05, 0.1) is 23.5 Å². The van der Waals surface area contributed by atoms with Crippen LogP contribution in [0.1, 0.15) is 65.0 Å². The van der Waals surface area contributed by atoms with Gasteiger partial charge in [-0.15, -0.1) is 0 Å². The second-order valence-corrected chi connectivity index (χ2v) is 12.5. The van der Waals surface area contributed by atoms with Crippen LogP contribution in [0.25, 0.3) is 0 Å². The summed E-state index contributed by atoms with van der Waals surface area (Å²) < 4.78 is 34.8. The number of amides is 1. The van der Waals surface area contributed by atoms with Crippen molar-refractivity contribution < 1.29 is 37.4 Å². The first-order valence-corrected chi connectivity index (χ1v) is 14.1. The van der Waals surface area contributed by atoms with Gasteiger partial charge in [0, 0.05) is 27.3 Å². The fourth-order valence-electron chi connectivity index (χ4n) is 4.32. The Hall–Kier alpha value is -2.50. The van der Waals surface area contributed by atoms with E-state index in [0.717, 1.165) is 11.1 Å². The fraction of sp³-hybridized carbons (Fsp3) is 0.654. The van der Waals surface area contributed by atoms with Crippen LogP contribution in [0.5, 0.6) is 0 Å². The van der Waals surface area contributed by atoms with E-state index >= 15 is 0 Å². The van der Waals surface area contributed by atoms with Crippen molar-refractivity contribution in [1.29, 1.82) is 0 Å². The van der Waals surface area contributed by atoms with E-state index in [1.807, 2.05) is 45.0 Å². The first-order valence-electron chi connectivity index (χ1n) is 12.3. The molecule has 1 aromatic carbocycles. The maximum Gasteiger partial charge on any atom is 0.303 e. The summed E-state index contributed by atoms with van der Waals surface area (Å²) in [6.45, 7) is 7.64. The molecule has 0 aromatic heterocycles. The van der Waals surface area contributed by atoms with Crippen molar-refractivity contribution in [2.75, 3.05) is 31.8 Å². The predicted octanol–water partition coefficient (Wildman–Crippen LogP) is 1.84. The van der Waals surface area contributed by atoms with E-state index in [9.17, 15) is 22.8 Å². The highest BCUT2D eigenvalue weighted by Crippen LogP contribution is 2.34. The van der Waals surface area contributed by atoms with Crippen LogP contribution in [0.15, 0.2) is 24.3 Å². The van der Waals surface area contributed by atoms with E-state index in [1.165, 1.54) is 13.8 Å². The van der Waals surface area contributed by atoms with Crippen LogP contribution in [0, 0.1) is 5.41 Å². The number of carbonyl (C=O) groups is 3. The number of carbonyl (C=O) groups excluding carboxylic acids is 3. The Bertz CT molecular complexity index is 1030. The number of sulfone groups is 1. The highest BCUT2D eigenvalue weighted by Gasteiger charge is 2.36. The van der Waals surface area contributed by atoms with Crippen molar-refractivity contribution in [1.82, 2.24) is 10.9 Å². The molecule has 10 nitrogen and oxygen atoms in total. The summed E-state index contributed by atoms with van der Waals surface area (Å²) in [5, 5.41) is 9.02. The number of ether oxygens (including phenoxy) is 2. The topological polar surface area (TPSA) is 148 Å². The van der Waals surface area contributed by atoms with Crippen LogP contribution in [0.3, 0.4) is 0 Å². The summed E-state index contributed by atoms with van der Waals surface area (Å²) in [5.41, 5.74) is 5.44. The van der Waals surface area contributed by atoms with Crippen molar-refractivity contribution in [3.63, 3.8) is 0 Å². The molecular formula is C26H42N2O8S. The van der Waals surface area contributed by atoms with E-state index in [-0.39, 0.29) is 24.0 Å².